The van der Waals surface area contributed by atoms with Gasteiger partial charge in [-0.25, -0.2) is 12.4 Å². The average Bonchev–Trinajstić information content (AvgIpc) is 3.41. The van der Waals surface area contributed by atoms with Crippen molar-refractivity contribution in [3.63, 3.8) is 0 Å². The minimum Gasteiger partial charge on any atom is -0.466 e. The molecule has 4 rings (SSSR count). The Hall–Kier alpha value is -3.11. The highest BCUT2D eigenvalue weighted by atomic mass is 32.2. The zero-order chi connectivity index (χ0) is 20.8. The van der Waals surface area contributed by atoms with Crippen molar-refractivity contribution in [1.82, 2.24) is 3.97 Å². The largest absolute Gasteiger partial charge is 0.466 e. The summed E-state index contributed by atoms with van der Waals surface area (Å²) < 4.78 is 33.0. The van der Waals surface area contributed by atoms with E-state index in [1.807, 2.05) is 6.92 Å². The monoisotopic (exact) mass is 408 g/mol. The number of nitriles is 1. The van der Waals surface area contributed by atoms with E-state index in [0.717, 1.165) is 11.1 Å². The molecule has 1 aliphatic carbocycles. The first-order valence-corrected chi connectivity index (χ1v) is 10.8. The van der Waals surface area contributed by atoms with Crippen LogP contribution < -0.4 is 0 Å². The van der Waals surface area contributed by atoms with E-state index >= 15 is 0 Å². The maximum Gasteiger partial charge on any atom is 0.309 e. The molecule has 6 nitrogen and oxygen atoms in total. The number of carbonyl (C=O) groups excluding carboxylic acids is 1. The van der Waals surface area contributed by atoms with Gasteiger partial charge in [0.05, 0.1) is 34.6 Å². The highest BCUT2D eigenvalue weighted by Crippen LogP contribution is 2.51. The first kappa shape index (κ1) is 19.2. The number of aromatic nitrogens is 1. The van der Waals surface area contributed by atoms with Crippen molar-refractivity contribution in [3.8, 4) is 6.07 Å². The summed E-state index contributed by atoms with van der Waals surface area (Å²) in [6.07, 6.45) is 2.20. The van der Waals surface area contributed by atoms with E-state index in [0.29, 0.717) is 29.5 Å². The molecule has 3 aromatic rings. The number of hydrogen-bond acceptors (Lipinski definition) is 5. The van der Waals surface area contributed by atoms with Crippen molar-refractivity contribution in [1.29, 1.82) is 5.26 Å². The van der Waals surface area contributed by atoms with Gasteiger partial charge in [-0.15, -0.1) is 0 Å². The molecule has 0 amide bonds. The molecule has 1 heterocycles. The van der Waals surface area contributed by atoms with Crippen molar-refractivity contribution in [2.45, 2.75) is 31.1 Å². The van der Waals surface area contributed by atoms with E-state index in [1.54, 1.807) is 55.6 Å². The number of fused-ring (bicyclic) bond motifs is 1. The van der Waals surface area contributed by atoms with Crippen LogP contribution in [0.15, 0.2) is 53.6 Å². The van der Waals surface area contributed by atoms with Gasteiger partial charge in [0.1, 0.15) is 0 Å². The Bertz CT molecular complexity index is 1250. The lowest BCUT2D eigenvalue weighted by atomic mass is 10.1. The van der Waals surface area contributed by atoms with Gasteiger partial charge in [-0.1, -0.05) is 17.7 Å². The second-order valence-electron chi connectivity index (χ2n) is 7.24. The van der Waals surface area contributed by atoms with E-state index in [2.05, 4.69) is 6.07 Å². The van der Waals surface area contributed by atoms with Crippen molar-refractivity contribution >= 4 is 26.9 Å². The van der Waals surface area contributed by atoms with E-state index in [4.69, 9.17) is 4.74 Å². The fraction of sp³-hybridized carbons (Fsp3) is 0.273. The second kappa shape index (κ2) is 7.05. The number of nitrogens with zero attached hydrogens (tertiary/aromatic N) is 2. The van der Waals surface area contributed by atoms with Crippen LogP contribution in [0.3, 0.4) is 0 Å². The minimum absolute atomic E-state index is 0.111. The van der Waals surface area contributed by atoms with Gasteiger partial charge in [-0.3, -0.25) is 4.79 Å². The van der Waals surface area contributed by atoms with Gasteiger partial charge in [-0.2, -0.15) is 5.26 Å². The highest BCUT2D eigenvalue weighted by molar-refractivity contribution is 7.90. The van der Waals surface area contributed by atoms with Crippen LogP contribution in [0, 0.1) is 24.2 Å². The van der Waals surface area contributed by atoms with Gasteiger partial charge < -0.3 is 4.74 Å². The molecule has 0 aliphatic heterocycles. The summed E-state index contributed by atoms with van der Waals surface area (Å²) in [6.45, 7) is 3.96. The summed E-state index contributed by atoms with van der Waals surface area (Å²) in [5, 5.41) is 9.95. The molecular formula is C22H20N2O4S. The highest BCUT2D eigenvalue weighted by Gasteiger charge is 2.46. The molecule has 29 heavy (non-hydrogen) atoms. The standard InChI is InChI=1S/C22H20N2O4S/c1-3-28-22(25)19-11-17(19)20-13-24(21-9-6-15(12-23)10-18(20)21)29(26,27)16-7-4-14(2)5-8-16/h4-10,13,17,19H,3,11H2,1-2H3/t17-,19-/m0/s1. The first-order valence-electron chi connectivity index (χ1n) is 9.40. The van der Waals surface area contributed by atoms with Gasteiger partial charge in [0, 0.05) is 17.5 Å². The molecule has 7 heteroatoms. The lowest BCUT2D eigenvalue weighted by Gasteiger charge is -2.08. The van der Waals surface area contributed by atoms with E-state index < -0.39 is 10.0 Å². The Morgan fingerprint density at radius 3 is 2.62 bits per heavy atom. The summed E-state index contributed by atoms with van der Waals surface area (Å²) >= 11 is 0. The Labute approximate surface area is 169 Å². The van der Waals surface area contributed by atoms with E-state index in [-0.39, 0.29) is 22.7 Å². The van der Waals surface area contributed by atoms with Gasteiger partial charge in [-0.05, 0) is 56.2 Å². The third kappa shape index (κ3) is 3.30. The fourth-order valence-electron chi connectivity index (χ4n) is 3.66. The molecule has 1 aromatic heterocycles. The number of carbonyl (C=O) groups is 1. The SMILES string of the molecule is CCOC(=O)[C@H]1C[C@@H]1c1cn(S(=O)(=O)c2ccc(C)cc2)c2ccc(C#N)cc12. The maximum absolute atomic E-state index is 13.3. The molecule has 1 aliphatic rings. The molecular weight excluding hydrogens is 388 g/mol. The molecule has 0 spiro atoms. The predicted octanol–water partition coefficient (Wildman–Crippen LogP) is 3.73. The normalized spacial score (nSPS) is 18.4. The molecule has 0 bridgehead atoms. The zero-order valence-electron chi connectivity index (χ0n) is 16.1. The number of aryl methyl sites for hydroxylation is 1. The Morgan fingerprint density at radius 2 is 1.97 bits per heavy atom. The smallest absolute Gasteiger partial charge is 0.309 e. The van der Waals surface area contributed by atoms with Crippen LogP contribution in [-0.4, -0.2) is 25.0 Å². The number of esters is 1. The number of benzene rings is 2. The topological polar surface area (TPSA) is 89.2 Å². The second-order valence-corrected chi connectivity index (χ2v) is 9.06. The van der Waals surface area contributed by atoms with Crippen molar-refractivity contribution in [2.24, 2.45) is 5.92 Å². The zero-order valence-corrected chi connectivity index (χ0v) is 16.9. The van der Waals surface area contributed by atoms with Gasteiger partial charge >= 0.3 is 5.97 Å². The Kier molecular flexibility index (Phi) is 4.67. The maximum atomic E-state index is 13.3. The summed E-state index contributed by atoms with van der Waals surface area (Å²) in [6, 6.07) is 13.7. The first-order chi connectivity index (χ1) is 13.9. The quantitative estimate of drug-likeness (QED) is 0.600. The van der Waals surface area contributed by atoms with Crippen LogP contribution in [0.2, 0.25) is 0 Å². The lowest BCUT2D eigenvalue weighted by molar-refractivity contribution is -0.144. The minimum atomic E-state index is -3.82. The van der Waals surface area contributed by atoms with Gasteiger partial charge in [0.2, 0.25) is 0 Å². The van der Waals surface area contributed by atoms with Gasteiger partial charge in [0.25, 0.3) is 10.0 Å². The molecule has 0 unspecified atom stereocenters. The summed E-state index contributed by atoms with van der Waals surface area (Å²) in [7, 11) is -3.82. The third-order valence-corrected chi connectivity index (χ3v) is 6.98. The van der Waals surface area contributed by atoms with Crippen molar-refractivity contribution < 1.29 is 17.9 Å². The van der Waals surface area contributed by atoms with Crippen LogP contribution >= 0.6 is 0 Å². The van der Waals surface area contributed by atoms with Crippen LogP contribution in [-0.2, 0) is 19.6 Å². The lowest BCUT2D eigenvalue weighted by Crippen LogP contribution is -2.12. The van der Waals surface area contributed by atoms with Gasteiger partial charge in [0.15, 0.2) is 0 Å². The average molecular weight is 408 g/mol. The van der Waals surface area contributed by atoms with Crippen LogP contribution in [0.1, 0.15) is 36.0 Å². The van der Waals surface area contributed by atoms with E-state index in [9.17, 15) is 18.5 Å². The van der Waals surface area contributed by atoms with Crippen LogP contribution in [0.4, 0.5) is 0 Å². The molecule has 1 fully saturated rings. The predicted molar refractivity (Wildman–Crippen MR) is 108 cm³/mol. The number of hydrogen-bond donors (Lipinski definition) is 0. The van der Waals surface area contributed by atoms with Crippen molar-refractivity contribution in [3.05, 3.63) is 65.4 Å². The third-order valence-electron chi connectivity index (χ3n) is 5.29. The molecule has 148 valence electrons. The Morgan fingerprint density at radius 1 is 1.24 bits per heavy atom. The molecule has 2 aromatic carbocycles. The fourth-order valence-corrected chi connectivity index (χ4v) is 5.04. The molecule has 1 saturated carbocycles. The van der Waals surface area contributed by atoms with Crippen LogP contribution in [0.5, 0.6) is 0 Å². The summed E-state index contributed by atoms with van der Waals surface area (Å²) in [5.41, 5.74) is 2.66. The van der Waals surface area contributed by atoms with E-state index in [1.165, 1.54) is 3.97 Å². The van der Waals surface area contributed by atoms with Crippen molar-refractivity contribution in [2.75, 3.05) is 6.61 Å². The Balaban J connectivity index is 1.85. The number of rotatable bonds is 5. The van der Waals surface area contributed by atoms with Crippen LogP contribution in [0.25, 0.3) is 10.9 Å². The number of ether oxygens (including phenoxy) is 1. The summed E-state index contributed by atoms with van der Waals surface area (Å²) in [5.74, 6) is -0.655. The summed E-state index contributed by atoms with van der Waals surface area (Å²) in [4.78, 5) is 12.3. The molecule has 0 N–H and O–H groups in total. The molecule has 2 atom stereocenters. The molecule has 0 radical (unpaired) electrons. The molecule has 0 saturated heterocycles.